The third-order valence-electron chi connectivity index (χ3n) is 4.24. The lowest BCUT2D eigenvalue weighted by molar-refractivity contribution is -0.761. The maximum absolute atomic E-state index is 13.0. The van der Waals surface area contributed by atoms with Gasteiger partial charge in [0, 0.05) is 25.2 Å². The number of carbonyl (C=O) groups excluding carboxylic acids is 5. The molecule has 0 aliphatic heterocycles. The molecule has 1 unspecified atom stereocenters. The quantitative estimate of drug-likeness (QED) is 0.123. The second kappa shape index (κ2) is 11.7. The normalized spacial score (nSPS) is 10.9. The second-order valence-corrected chi connectivity index (χ2v) is 6.22. The van der Waals surface area contributed by atoms with Crippen LogP contribution in [0.1, 0.15) is 41.4 Å². The van der Waals surface area contributed by atoms with Crippen molar-refractivity contribution in [1.29, 1.82) is 0 Å². The Morgan fingerprint density at radius 1 is 0.970 bits per heavy atom. The van der Waals surface area contributed by atoms with Gasteiger partial charge in [-0.05, 0) is 12.1 Å². The monoisotopic (exact) mass is 470 g/mol. The zero-order chi connectivity index (χ0) is 25.3. The Morgan fingerprint density at radius 3 is 1.94 bits per heavy atom. The molecule has 0 bridgehead atoms. The number of hydrogen-bond donors (Lipinski definition) is 0. The van der Waals surface area contributed by atoms with E-state index in [2.05, 4.69) is 14.4 Å². The Morgan fingerprint density at radius 2 is 1.48 bits per heavy atom. The van der Waals surface area contributed by atoms with Crippen molar-refractivity contribution in [3.63, 3.8) is 0 Å². The summed E-state index contributed by atoms with van der Waals surface area (Å²) in [7, 11) is 3.15. The van der Waals surface area contributed by atoms with Crippen LogP contribution in [0, 0.1) is 20.2 Å². The van der Waals surface area contributed by atoms with Crippen LogP contribution in [-0.2, 0) is 19.2 Å². The van der Waals surface area contributed by atoms with Gasteiger partial charge in [-0.3, -0.25) is 24.0 Å². The van der Waals surface area contributed by atoms with E-state index >= 15 is 0 Å². The van der Waals surface area contributed by atoms with Crippen LogP contribution in [0.5, 0.6) is 0 Å². The average molecular weight is 470 g/mol. The van der Waals surface area contributed by atoms with Crippen molar-refractivity contribution in [2.24, 2.45) is 0 Å². The van der Waals surface area contributed by atoms with Gasteiger partial charge in [0.1, 0.15) is 6.61 Å². The minimum atomic E-state index is -1.60. The summed E-state index contributed by atoms with van der Waals surface area (Å²) in [5.41, 5.74) is -1.50. The number of ether oxygens (including phenoxy) is 1. The van der Waals surface area contributed by atoms with Crippen LogP contribution < -0.4 is 0 Å². The molecule has 0 radical (unpaired) electrons. The minimum Gasteiger partial charge on any atom is -0.467 e. The summed E-state index contributed by atoms with van der Waals surface area (Å²) in [4.78, 5) is 91.0. The first-order valence-electron chi connectivity index (χ1n) is 8.71. The zero-order valence-corrected chi connectivity index (χ0v) is 17.5. The molecule has 1 rings (SSSR count). The number of methoxy groups -OCH3 is 1. The number of amides is 2. The number of rotatable bonds is 12. The fourth-order valence-corrected chi connectivity index (χ4v) is 2.53. The highest BCUT2D eigenvalue weighted by Gasteiger charge is 2.32. The predicted octanol–water partition coefficient (Wildman–Crippen LogP) is -0.629. The first kappa shape index (κ1) is 26.4. The fourth-order valence-electron chi connectivity index (χ4n) is 2.53. The molecule has 2 amide bonds. The number of esters is 1. The van der Waals surface area contributed by atoms with Crippen molar-refractivity contribution in [2.45, 2.75) is 6.04 Å². The molecule has 1 aromatic rings. The van der Waals surface area contributed by atoms with Gasteiger partial charge < -0.3 is 19.4 Å². The Kier molecular flexibility index (Phi) is 9.34. The lowest BCUT2D eigenvalue weighted by atomic mass is 9.97. The van der Waals surface area contributed by atoms with Gasteiger partial charge in [0.05, 0.1) is 18.2 Å². The Balaban J connectivity index is 3.44. The van der Waals surface area contributed by atoms with E-state index in [4.69, 9.17) is 0 Å². The highest BCUT2D eigenvalue weighted by Crippen LogP contribution is 2.20. The molecular weight excluding hydrogens is 452 g/mol. The van der Waals surface area contributed by atoms with Crippen LogP contribution in [0.3, 0.4) is 0 Å². The lowest BCUT2D eigenvalue weighted by Crippen LogP contribution is -2.46. The maximum atomic E-state index is 13.0. The molecule has 0 N–H and O–H groups in total. The number of nitrogens with zero attached hydrogens (tertiary/aromatic N) is 4. The first-order chi connectivity index (χ1) is 15.5. The van der Waals surface area contributed by atoms with E-state index < -0.39 is 58.5 Å². The van der Waals surface area contributed by atoms with Crippen LogP contribution in [0.15, 0.2) is 12.1 Å². The summed E-state index contributed by atoms with van der Waals surface area (Å²) in [5, 5.41) is 18.5. The predicted molar refractivity (Wildman–Crippen MR) is 103 cm³/mol. The summed E-state index contributed by atoms with van der Waals surface area (Å²) in [6, 6.07) is 0.199. The third kappa shape index (κ3) is 6.68. The van der Waals surface area contributed by atoms with Gasteiger partial charge >= 0.3 is 5.97 Å². The van der Waals surface area contributed by atoms with E-state index in [9.17, 15) is 44.2 Å². The molecule has 178 valence electrons. The number of hydrogen-bond acceptors (Lipinski definition) is 12. The van der Waals surface area contributed by atoms with Gasteiger partial charge in [-0.15, -0.1) is 20.2 Å². The molecule has 16 nitrogen and oxygen atoms in total. The Labute approximate surface area is 184 Å². The van der Waals surface area contributed by atoms with E-state index in [0.717, 1.165) is 38.2 Å². The summed E-state index contributed by atoms with van der Waals surface area (Å²) in [6.45, 7) is -1.69. The molecule has 1 aromatic carbocycles. The number of benzene rings is 1. The van der Waals surface area contributed by atoms with Gasteiger partial charge in [-0.1, -0.05) is 0 Å². The Hall–Kier alpha value is -4.63. The van der Waals surface area contributed by atoms with Gasteiger partial charge in [0.25, 0.3) is 22.0 Å². The largest absolute Gasteiger partial charge is 0.467 e. The molecule has 0 aliphatic rings. The van der Waals surface area contributed by atoms with E-state index in [1.807, 2.05) is 0 Å². The molecule has 0 spiro atoms. The molecule has 0 saturated heterocycles. The van der Waals surface area contributed by atoms with Crippen LogP contribution in [0.25, 0.3) is 0 Å². The molecule has 0 saturated carbocycles. The minimum absolute atomic E-state index is 0.211. The van der Waals surface area contributed by atoms with Crippen molar-refractivity contribution >= 4 is 30.4 Å². The molecule has 0 aromatic heterocycles. The van der Waals surface area contributed by atoms with Gasteiger partial charge in [0.15, 0.2) is 25.3 Å². The number of likely N-dealkylation sites (N-methyl/N-ethyl adjacent to an activating group) is 1. The molecule has 1 atom stereocenters. The smallest absolute Gasteiger partial charge is 0.330 e. The summed E-state index contributed by atoms with van der Waals surface area (Å²) >= 11 is 0. The first-order valence-corrected chi connectivity index (χ1v) is 8.71. The summed E-state index contributed by atoms with van der Waals surface area (Å²) in [5.74, 6) is -3.08. The van der Waals surface area contributed by atoms with Gasteiger partial charge in [-0.2, -0.15) is 0 Å². The van der Waals surface area contributed by atoms with Crippen molar-refractivity contribution in [2.75, 3.05) is 34.5 Å². The lowest BCUT2D eigenvalue weighted by Gasteiger charge is -2.26. The van der Waals surface area contributed by atoms with Crippen LogP contribution >= 0.6 is 0 Å². The topological polar surface area (TPSA) is 206 Å². The highest BCUT2D eigenvalue weighted by molar-refractivity contribution is 6.08. The average Bonchev–Trinajstić information content (AvgIpc) is 2.79. The van der Waals surface area contributed by atoms with E-state index in [1.54, 1.807) is 0 Å². The fraction of sp³-hybridized carbons (Fsp3) is 0.353. The standard InChI is InChI=1S/C17H18N4O12/c1-18(9-33-21(29)30)15(24)12-5-13(11(7-23)4-10(12)6-22)16(25)19(2)14(17(26)31-3)8-32-20(27)28/h4-7,14H,8-9H2,1-3H3. The van der Waals surface area contributed by atoms with E-state index in [1.165, 1.54) is 0 Å². The van der Waals surface area contributed by atoms with Crippen molar-refractivity contribution < 1.29 is 48.6 Å². The Bertz CT molecular complexity index is 979. The molecule has 0 fully saturated rings. The van der Waals surface area contributed by atoms with Gasteiger partial charge in [0.2, 0.25) is 0 Å². The molecule has 0 heterocycles. The van der Waals surface area contributed by atoms with E-state index in [0.29, 0.717) is 4.90 Å². The number of aldehydes is 2. The van der Waals surface area contributed by atoms with Gasteiger partial charge in [-0.25, -0.2) is 4.79 Å². The number of carbonyl (C=O) groups is 5. The highest BCUT2D eigenvalue weighted by atomic mass is 17.0. The van der Waals surface area contributed by atoms with Crippen molar-refractivity contribution in [3.05, 3.63) is 54.6 Å². The summed E-state index contributed by atoms with van der Waals surface area (Å²) in [6.07, 6.45) is 0.436. The summed E-state index contributed by atoms with van der Waals surface area (Å²) < 4.78 is 4.50. The SMILES string of the molecule is COC(=O)C(CO[N+](=O)[O-])N(C)C(=O)c1cc(C(=O)N(C)CO[N+](=O)[O-])c(C=O)cc1C=O. The molecular formula is C17H18N4O12. The maximum Gasteiger partial charge on any atom is 0.330 e. The zero-order valence-electron chi connectivity index (χ0n) is 17.5. The molecule has 33 heavy (non-hydrogen) atoms. The van der Waals surface area contributed by atoms with Crippen molar-refractivity contribution in [1.82, 2.24) is 9.80 Å². The second-order valence-electron chi connectivity index (χ2n) is 6.22. The van der Waals surface area contributed by atoms with Crippen LogP contribution in [0.4, 0.5) is 0 Å². The van der Waals surface area contributed by atoms with E-state index in [-0.39, 0.29) is 23.7 Å². The van der Waals surface area contributed by atoms with Crippen LogP contribution in [-0.4, -0.2) is 90.9 Å². The van der Waals surface area contributed by atoms with Crippen LogP contribution in [0.2, 0.25) is 0 Å². The van der Waals surface area contributed by atoms with Crippen molar-refractivity contribution in [3.8, 4) is 0 Å². The molecule has 0 aliphatic carbocycles. The third-order valence-corrected chi connectivity index (χ3v) is 4.24. The molecule has 16 heteroatoms.